The van der Waals surface area contributed by atoms with Crippen LogP contribution in [0.2, 0.25) is 0 Å². The van der Waals surface area contributed by atoms with Crippen molar-refractivity contribution in [1.29, 1.82) is 0 Å². The maximum Gasteiger partial charge on any atom is 0.185 e. The number of hydrogen-bond acceptors (Lipinski definition) is 3. The van der Waals surface area contributed by atoms with E-state index in [1.807, 2.05) is 13.2 Å². The molecule has 0 N–H and O–H groups in total. The summed E-state index contributed by atoms with van der Waals surface area (Å²) in [4.78, 5) is 0. The summed E-state index contributed by atoms with van der Waals surface area (Å²) in [5.74, 6) is 2.30. The molecule has 5 heteroatoms. The Labute approximate surface area is 137 Å². The number of ether oxygens (including phenoxy) is 1. The summed E-state index contributed by atoms with van der Waals surface area (Å²) in [5, 5.41) is 0. The quantitative estimate of drug-likeness (QED) is 0.310. The van der Waals surface area contributed by atoms with E-state index >= 15 is 0 Å². The molecule has 120 valence electrons. The molecule has 0 aliphatic rings. The summed E-state index contributed by atoms with van der Waals surface area (Å²) in [6.07, 6.45) is 4.97. The van der Waals surface area contributed by atoms with Crippen LogP contribution in [0, 0.1) is 0 Å². The molecule has 0 radical (unpaired) electrons. The monoisotopic (exact) mass is 366 g/mol. The van der Waals surface area contributed by atoms with Gasteiger partial charge in [0.1, 0.15) is 18.2 Å². The van der Waals surface area contributed by atoms with Gasteiger partial charge in [0.25, 0.3) is 0 Å². The van der Waals surface area contributed by atoms with Gasteiger partial charge in [-0.2, -0.15) is 9.34 Å². The lowest BCUT2D eigenvalue weighted by Crippen LogP contribution is -3.00. The summed E-state index contributed by atoms with van der Waals surface area (Å²) >= 11 is 0. The molecule has 0 amide bonds. The molecule has 0 bridgehead atoms. The molecule has 0 saturated carbocycles. The van der Waals surface area contributed by atoms with Crippen molar-refractivity contribution in [3.63, 3.8) is 0 Å². The van der Waals surface area contributed by atoms with Crippen LogP contribution in [0.1, 0.15) is 34.6 Å². The van der Waals surface area contributed by atoms with Crippen LogP contribution in [-0.2, 0) is 4.74 Å². The van der Waals surface area contributed by atoms with Gasteiger partial charge < -0.3 is 21.7 Å². The first-order valence-corrected chi connectivity index (χ1v) is 9.40. The molecule has 0 fully saturated rings. The molecule has 20 heavy (non-hydrogen) atoms. The van der Waals surface area contributed by atoms with E-state index in [0.29, 0.717) is 0 Å². The lowest BCUT2D eigenvalue weighted by atomic mass is 10.7. The Morgan fingerprint density at radius 2 is 1.40 bits per heavy atom. The zero-order valence-corrected chi connectivity index (χ0v) is 16.3. The molecule has 0 unspecified atom stereocenters. The zero-order valence-electron chi connectivity index (χ0n) is 13.8. The predicted octanol–water partition coefficient (Wildman–Crippen LogP) is 1.22. The second-order valence-electron chi connectivity index (χ2n) is 4.28. The molecule has 0 aromatic carbocycles. The third-order valence-electron chi connectivity index (χ3n) is 3.40. The normalized spacial score (nSPS) is 11.9. The fourth-order valence-corrected chi connectivity index (χ4v) is 6.45. The minimum Gasteiger partial charge on any atom is -1.00 e. The van der Waals surface area contributed by atoms with Crippen LogP contribution in [0.3, 0.4) is 0 Å². The molecule has 0 atom stereocenters. The van der Waals surface area contributed by atoms with E-state index < -0.39 is 7.56 Å². The van der Waals surface area contributed by atoms with E-state index in [2.05, 4.69) is 55.5 Å². The van der Waals surface area contributed by atoms with Gasteiger partial charge in [0, 0.05) is 26.2 Å². The van der Waals surface area contributed by atoms with E-state index in [0.717, 1.165) is 38.9 Å². The molecular formula is C15H32BrN2OP. The smallest absolute Gasteiger partial charge is 0.185 e. The van der Waals surface area contributed by atoms with Crippen molar-refractivity contribution in [1.82, 2.24) is 9.34 Å². The van der Waals surface area contributed by atoms with Crippen LogP contribution in [-0.4, -0.2) is 48.3 Å². The SMILES string of the molecule is C=CC[P+](/C=C/OCC)(N(CC)CC)N(CC)CC.[Br-]. The number of hydrogen-bond donors (Lipinski definition) is 0. The maximum absolute atomic E-state index is 5.47. The minimum absolute atomic E-state index is 0. The molecule has 0 spiro atoms. The molecule has 0 aliphatic heterocycles. The van der Waals surface area contributed by atoms with E-state index in [1.165, 1.54) is 0 Å². The Morgan fingerprint density at radius 3 is 1.70 bits per heavy atom. The van der Waals surface area contributed by atoms with Gasteiger partial charge in [-0.05, 0) is 34.6 Å². The van der Waals surface area contributed by atoms with Gasteiger partial charge in [-0.15, -0.1) is 0 Å². The predicted molar refractivity (Wildman–Crippen MR) is 88.6 cm³/mol. The lowest BCUT2D eigenvalue weighted by molar-refractivity contribution is -0.00000521. The zero-order chi connectivity index (χ0) is 14.7. The van der Waals surface area contributed by atoms with Gasteiger partial charge in [-0.25, -0.2) is 0 Å². The minimum atomic E-state index is -1.50. The highest BCUT2D eigenvalue weighted by Crippen LogP contribution is 2.65. The van der Waals surface area contributed by atoms with Gasteiger partial charge in [0.05, 0.1) is 6.61 Å². The van der Waals surface area contributed by atoms with Gasteiger partial charge in [-0.1, -0.05) is 12.7 Å². The Kier molecular flexibility index (Phi) is 14.4. The molecule has 0 aliphatic carbocycles. The third kappa shape index (κ3) is 5.85. The second kappa shape index (κ2) is 12.8. The molecule has 0 heterocycles. The van der Waals surface area contributed by atoms with Crippen molar-refractivity contribution >= 4 is 7.56 Å². The van der Waals surface area contributed by atoms with Crippen LogP contribution in [0.25, 0.3) is 0 Å². The second-order valence-corrected chi connectivity index (χ2v) is 7.64. The molecular weight excluding hydrogens is 335 g/mol. The summed E-state index contributed by atoms with van der Waals surface area (Å²) in [6.45, 7) is 19.9. The number of allylic oxidation sites excluding steroid dienone is 1. The number of nitrogens with zero attached hydrogens (tertiary/aromatic N) is 2. The molecule has 0 aromatic heterocycles. The van der Waals surface area contributed by atoms with Gasteiger partial charge in [-0.3, -0.25) is 0 Å². The number of halogens is 1. The highest BCUT2D eigenvalue weighted by Gasteiger charge is 2.45. The van der Waals surface area contributed by atoms with Gasteiger partial charge >= 0.3 is 0 Å². The van der Waals surface area contributed by atoms with Crippen molar-refractivity contribution in [3.8, 4) is 0 Å². The number of rotatable bonds is 11. The average molecular weight is 367 g/mol. The first-order valence-electron chi connectivity index (χ1n) is 7.45. The standard InChI is InChI=1S/C15H32N2OP.BrH/c1-7-14-19(15-13-18-12-6,16(8-2)9-3)17(10-4)11-5;/h7,13,15H,1,8-12,14H2,2-6H3;1H/q+1;/p-1/b15-13+;. The summed E-state index contributed by atoms with van der Waals surface area (Å²) in [5.41, 5.74) is 0. The Hall–Kier alpha value is 0.110. The van der Waals surface area contributed by atoms with Gasteiger partial charge in [0.2, 0.25) is 0 Å². The topological polar surface area (TPSA) is 15.7 Å². The van der Waals surface area contributed by atoms with E-state index in [1.54, 1.807) is 0 Å². The molecule has 0 aromatic rings. The average Bonchev–Trinajstić information content (AvgIpc) is 2.42. The third-order valence-corrected chi connectivity index (χ3v) is 7.89. The summed E-state index contributed by atoms with van der Waals surface area (Å²) in [7, 11) is -1.50. The molecule has 0 saturated heterocycles. The molecule has 0 rings (SSSR count). The van der Waals surface area contributed by atoms with Crippen LogP contribution < -0.4 is 17.0 Å². The van der Waals surface area contributed by atoms with Crippen molar-refractivity contribution in [3.05, 3.63) is 24.7 Å². The van der Waals surface area contributed by atoms with Gasteiger partial charge in [0.15, 0.2) is 7.56 Å². The van der Waals surface area contributed by atoms with Crippen LogP contribution in [0.5, 0.6) is 0 Å². The fraction of sp³-hybridized carbons (Fsp3) is 0.733. The highest BCUT2D eigenvalue weighted by atomic mass is 79.9. The van der Waals surface area contributed by atoms with Crippen molar-refractivity contribution in [2.75, 3.05) is 38.9 Å². The Bertz CT molecular complexity index is 255. The summed E-state index contributed by atoms with van der Waals surface area (Å²) in [6, 6.07) is 0. The Balaban J connectivity index is 0. The van der Waals surface area contributed by atoms with Crippen molar-refractivity contribution in [2.45, 2.75) is 34.6 Å². The largest absolute Gasteiger partial charge is 1.00 e. The highest BCUT2D eigenvalue weighted by molar-refractivity contribution is 7.74. The van der Waals surface area contributed by atoms with Crippen molar-refractivity contribution < 1.29 is 21.7 Å². The van der Waals surface area contributed by atoms with E-state index in [4.69, 9.17) is 4.74 Å². The fourth-order valence-electron chi connectivity index (χ4n) is 2.51. The molecule has 3 nitrogen and oxygen atoms in total. The van der Waals surface area contributed by atoms with E-state index in [-0.39, 0.29) is 17.0 Å². The first kappa shape index (κ1) is 22.4. The first-order chi connectivity index (χ1) is 9.16. The van der Waals surface area contributed by atoms with Crippen LogP contribution in [0.15, 0.2) is 24.7 Å². The van der Waals surface area contributed by atoms with Crippen LogP contribution in [0.4, 0.5) is 0 Å². The van der Waals surface area contributed by atoms with Crippen molar-refractivity contribution in [2.24, 2.45) is 0 Å². The van der Waals surface area contributed by atoms with Crippen LogP contribution >= 0.6 is 7.56 Å². The maximum atomic E-state index is 5.47. The Morgan fingerprint density at radius 1 is 0.950 bits per heavy atom. The van der Waals surface area contributed by atoms with E-state index in [9.17, 15) is 0 Å². The lowest BCUT2D eigenvalue weighted by Gasteiger charge is -2.39. The summed E-state index contributed by atoms with van der Waals surface area (Å²) < 4.78 is 10.6.